The Labute approximate surface area is 171 Å². The highest BCUT2D eigenvalue weighted by Crippen LogP contribution is 2.14. The normalized spacial score (nSPS) is 14.6. The maximum atomic E-state index is 12.9. The van der Waals surface area contributed by atoms with Crippen molar-refractivity contribution in [3.63, 3.8) is 0 Å². The number of nitriles is 1. The molecule has 1 saturated heterocycles. The lowest BCUT2D eigenvalue weighted by molar-refractivity contribution is 0.0628. The first-order valence-electron chi connectivity index (χ1n) is 9.56. The Balaban J connectivity index is 1.44. The molecular weight excluding hydrogens is 384 g/mol. The highest BCUT2D eigenvalue weighted by atomic mass is 16.2. The number of hydrogen-bond donors (Lipinski definition) is 1. The summed E-state index contributed by atoms with van der Waals surface area (Å²) in [5.41, 5.74) is 1.23. The van der Waals surface area contributed by atoms with Gasteiger partial charge in [0, 0.05) is 46.0 Å². The Morgan fingerprint density at radius 3 is 2.53 bits per heavy atom. The van der Waals surface area contributed by atoms with Crippen LogP contribution in [0.3, 0.4) is 0 Å². The van der Waals surface area contributed by atoms with Gasteiger partial charge in [-0.15, -0.1) is 0 Å². The quantitative estimate of drug-likeness (QED) is 0.678. The second kappa shape index (κ2) is 7.93. The molecule has 0 spiro atoms. The fraction of sp³-hybridized carbons (Fsp3) is 0.286. The zero-order chi connectivity index (χ0) is 21.3. The van der Waals surface area contributed by atoms with Gasteiger partial charge in [-0.1, -0.05) is 12.1 Å². The maximum Gasteiger partial charge on any atom is 0.329 e. The van der Waals surface area contributed by atoms with Crippen LogP contribution in [0.1, 0.15) is 21.5 Å². The van der Waals surface area contributed by atoms with Crippen molar-refractivity contribution in [2.75, 3.05) is 26.2 Å². The summed E-state index contributed by atoms with van der Waals surface area (Å²) in [5, 5.41) is 9.10. The molecule has 152 valence electrons. The smallest absolute Gasteiger partial charge is 0.329 e. The van der Waals surface area contributed by atoms with Crippen LogP contribution in [0.5, 0.6) is 0 Å². The minimum absolute atomic E-state index is 0.185. The molecule has 1 aliphatic heterocycles. The average molecular weight is 404 g/mol. The van der Waals surface area contributed by atoms with Crippen molar-refractivity contribution in [2.24, 2.45) is 7.05 Å². The van der Waals surface area contributed by atoms with E-state index in [0.717, 1.165) is 25.2 Å². The number of carbonyl (C=O) groups is 1. The van der Waals surface area contributed by atoms with Gasteiger partial charge in [-0.3, -0.25) is 24.0 Å². The van der Waals surface area contributed by atoms with Crippen molar-refractivity contribution >= 4 is 16.9 Å². The number of nitrogens with zero attached hydrogens (tertiary/aromatic N) is 5. The number of fused-ring (bicyclic) bond motifs is 1. The van der Waals surface area contributed by atoms with E-state index in [0.29, 0.717) is 24.2 Å². The third-order valence-corrected chi connectivity index (χ3v) is 5.35. The fourth-order valence-corrected chi connectivity index (χ4v) is 3.59. The predicted molar refractivity (Wildman–Crippen MR) is 110 cm³/mol. The van der Waals surface area contributed by atoms with Gasteiger partial charge in [0.25, 0.3) is 11.5 Å². The third kappa shape index (κ3) is 3.73. The minimum atomic E-state index is -0.553. The van der Waals surface area contributed by atoms with E-state index < -0.39 is 11.2 Å². The van der Waals surface area contributed by atoms with Gasteiger partial charge in [-0.05, 0) is 23.8 Å². The molecule has 3 aromatic rings. The molecule has 4 rings (SSSR count). The van der Waals surface area contributed by atoms with Crippen LogP contribution in [-0.4, -0.2) is 56.4 Å². The second-order valence-corrected chi connectivity index (χ2v) is 7.29. The Hall–Kier alpha value is -3.77. The van der Waals surface area contributed by atoms with Gasteiger partial charge < -0.3 is 4.90 Å². The summed E-state index contributed by atoms with van der Waals surface area (Å²) in [6, 6.07) is 11.1. The van der Waals surface area contributed by atoms with Crippen molar-refractivity contribution in [1.29, 1.82) is 5.26 Å². The van der Waals surface area contributed by atoms with E-state index in [2.05, 4.69) is 20.9 Å². The van der Waals surface area contributed by atoms with E-state index in [-0.39, 0.29) is 16.9 Å². The Morgan fingerprint density at radius 2 is 1.87 bits per heavy atom. The van der Waals surface area contributed by atoms with Crippen LogP contribution >= 0.6 is 0 Å². The molecule has 3 heterocycles. The van der Waals surface area contributed by atoms with E-state index in [1.165, 1.54) is 23.9 Å². The molecule has 9 heteroatoms. The standard InChI is InChI=1S/C21H20N6O3/c1-25-18-17(19(28)24-21(25)30)10-16(12-23-18)20(29)27-8-6-26(7-9-27)13-15-4-2-14(11-22)3-5-15/h2-5,10,12H,6-9,13H2,1H3,(H,24,28,30). The van der Waals surface area contributed by atoms with E-state index in [1.54, 1.807) is 17.0 Å². The van der Waals surface area contributed by atoms with Crippen molar-refractivity contribution in [3.8, 4) is 6.07 Å². The maximum absolute atomic E-state index is 12.9. The molecule has 30 heavy (non-hydrogen) atoms. The van der Waals surface area contributed by atoms with Crippen LogP contribution in [0.25, 0.3) is 11.0 Å². The molecule has 1 fully saturated rings. The van der Waals surface area contributed by atoms with Gasteiger partial charge in [0.2, 0.25) is 0 Å². The van der Waals surface area contributed by atoms with E-state index in [1.807, 2.05) is 12.1 Å². The molecule has 1 aromatic carbocycles. The van der Waals surface area contributed by atoms with Crippen molar-refractivity contribution in [2.45, 2.75) is 6.54 Å². The molecule has 9 nitrogen and oxygen atoms in total. The molecule has 1 amide bonds. The van der Waals surface area contributed by atoms with Gasteiger partial charge in [-0.25, -0.2) is 9.78 Å². The lowest BCUT2D eigenvalue weighted by Crippen LogP contribution is -2.48. The zero-order valence-corrected chi connectivity index (χ0v) is 16.5. The summed E-state index contributed by atoms with van der Waals surface area (Å²) in [6.45, 7) is 3.34. The average Bonchev–Trinajstić information content (AvgIpc) is 2.78. The summed E-state index contributed by atoms with van der Waals surface area (Å²) in [5.74, 6) is -0.185. The fourth-order valence-electron chi connectivity index (χ4n) is 3.59. The number of aromatic amines is 1. The molecule has 0 bridgehead atoms. The van der Waals surface area contributed by atoms with Crippen molar-refractivity contribution < 1.29 is 4.79 Å². The molecule has 2 aromatic heterocycles. The number of nitrogens with one attached hydrogen (secondary N) is 1. The topological polar surface area (TPSA) is 115 Å². The van der Waals surface area contributed by atoms with Gasteiger partial charge in [0.05, 0.1) is 22.6 Å². The predicted octanol–water partition coefficient (Wildman–Crippen LogP) is 0.451. The van der Waals surface area contributed by atoms with Gasteiger partial charge in [0.1, 0.15) is 5.65 Å². The molecule has 0 unspecified atom stereocenters. The molecule has 0 radical (unpaired) electrons. The number of aryl methyl sites for hydroxylation is 1. The van der Waals surface area contributed by atoms with Crippen LogP contribution in [0.2, 0.25) is 0 Å². The van der Waals surface area contributed by atoms with Crippen LogP contribution in [0.4, 0.5) is 0 Å². The van der Waals surface area contributed by atoms with Gasteiger partial charge in [0.15, 0.2) is 0 Å². The highest BCUT2D eigenvalue weighted by Gasteiger charge is 2.23. The van der Waals surface area contributed by atoms with Crippen LogP contribution in [-0.2, 0) is 13.6 Å². The van der Waals surface area contributed by atoms with E-state index in [4.69, 9.17) is 5.26 Å². The second-order valence-electron chi connectivity index (χ2n) is 7.29. The monoisotopic (exact) mass is 404 g/mol. The largest absolute Gasteiger partial charge is 0.336 e. The number of pyridine rings is 1. The molecule has 1 aliphatic rings. The number of piperazine rings is 1. The van der Waals surface area contributed by atoms with Crippen LogP contribution in [0, 0.1) is 11.3 Å². The zero-order valence-electron chi connectivity index (χ0n) is 16.5. The first kappa shape index (κ1) is 19.5. The molecular formula is C21H20N6O3. The van der Waals surface area contributed by atoms with Gasteiger partial charge >= 0.3 is 5.69 Å². The van der Waals surface area contributed by atoms with Crippen molar-refractivity contribution in [3.05, 3.63) is 74.1 Å². The molecule has 0 aliphatic carbocycles. The number of H-pyrrole nitrogens is 1. The van der Waals surface area contributed by atoms with Crippen molar-refractivity contribution in [1.82, 2.24) is 24.3 Å². The molecule has 0 saturated carbocycles. The number of carbonyl (C=O) groups excluding carboxylic acids is 1. The number of benzene rings is 1. The number of hydrogen-bond acceptors (Lipinski definition) is 6. The van der Waals surface area contributed by atoms with E-state index in [9.17, 15) is 14.4 Å². The Bertz CT molecular complexity index is 1260. The van der Waals surface area contributed by atoms with Crippen LogP contribution in [0.15, 0.2) is 46.1 Å². The third-order valence-electron chi connectivity index (χ3n) is 5.35. The first-order valence-corrected chi connectivity index (χ1v) is 9.56. The lowest BCUT2D eigenvalue weighted by atomic mass is 10.1. The minimum Gasteiger partial charge on any atom is -0.336 e. The highest BCUT2D eigenvalue weighted by molar-refractivity contribution is 5.96. The Kier molecular flexibility index (Phi) is 5.16. The Morgan fingerprint density at radius 1 is 1.17 bits per heavy atom. The molecule has 1 N–H and O–H groups in total. The molecule has 0 atom stereocenters. The number of amides is 1. The van der Waals surface area contributed by atoms with Gasteiger partial charge in [-0.2, -0.15) is 5.26 Å². The summed E-state index contributed by atoms with van der Waals surface area (Å²) >= 11 is 0. The van der Waals surface area contributed by atoms with Crippen LogP contribution < -0.4 is 11.2 Å². The summed E-state index contributed by atoms with van der Waals surface area (Å²) in [7, 11) is 1.52. The summed E-state index contributed by atoms with van der Waals surface area (Å²) < 4.78 is 1.24. The lowest BCUT2D eigenvalue weighted by Gasteiger charge is -2.34. The number of aromatic nitrogens is 3. The first-order chi connectivity index (χ1) is 14.5. The summed E-state index contributed by atoms with van der Waals surface area (Å²) in [6.07, 6.45) is 1.41. The summed E-state index contributed by atoms with van der Waals surface area (Å²) in [4.78, 5) is 47.1. The SMILES string of the molecule is Cn1c(=O)[nH]c(=O)c2cc(C(=O)N3CCN(Cc4ccc(C#N)cc4)CC3)cnc21. The van der Waals surface area contributed by atoms with E-state index >= 15 is 0 Å². The number of rotatable bonds is 3.